The Kier molecular flexibility index (Phi) is 3.43. The van der Waals surface area contributed by atoms with Gasteiger partial charge in [-0.3, -0.25) is 0 Å². The van der Waals surface area contributed by atoms with Crippen molar-refractivity contribution in [3.63, 3.8) is 0 Å². The largest absolute Gasteiger partial charge is 0.169 e. The van der Waals surface area contributed by atoms with Crippen LogP contribution in [0, 0.1) is 6.92 Å². The van der Waals surface area contributed by atoms with Gasteiger partial charge >= 0.3 is 0 Å². The highest BCUT2D eigenvalue weighted by molar-refractivity contribution is 7.39. The molecule has 2 aromatic heterocycles. The Labute approximate surface area is 123 Å². The van der Waals surface area contributed by atoms with Gasteiger partial charge in [0.25, 0.3) is 0 Å². The van der Waals surface area contributed by atoms with Crippen molar-refractivity contribution in [1.82, 2.24) is 0 Å². The van der Waals surface area contributed by atoms with Crippen LogP contribution in [0.5, 0.6) is 0 Å². The zero-order chi connectivity index (χ0) is 13.3. The molecule has 0 spiro atoms. The molecule has 0 atom stereocenters. The monoisotopic (exact) mass is 300 g/mol. The summed E-state index contributed by atoms with van der Waals surface area (Å²) >= 11 is 3.79. The summed E-state index contributed by atoms with van der Waals surface area (Å²) in [6.07, 6.45) is 0. The molecule has 0 N–H and O–H groups in total. The second kappa shape index (κ2) is 5.08. The maximum absolute atomic E-state index is 2.47. The second-order valence-corrected chi connectivity index (χ2v) is 11.5. The van der Waals surface area contributed by atoms with Crippen molar-refractivity contribution in [3.05, 3.63) is 64.9 Å². The zero-order valence-electron chi connectivity index (χ0n) is 11.1. The molecule has 0 aliphatic heterocycles. The second-order valence-electron chi connectivity index (χ2n) is 4.95. The molecule has 0 aliphatic carbocycles. The molecule has 1 aromatic carbocycles. The summed E-state index contributed by atoms with van der Waals surface area (Å²) in [6.45, 7) is 4.62. The first-order chi connectivity index (χ1) is 9.21. The lowest BCUT2D eigenvalue weighted by molar-refractivity contribution is 1.49. The van der Waals surface area contributed by atoms with Crippen LogP contribution in [0.1, 0.15) is 5.56 Å². The van der Waals surface area contributed by atoms with Crippen molar-refractivity contribution in [2.24, 2.45) is 0 Å². The SMILES string of the molecule is Cc1ccc([Si](C)(c2cccs2)c2cccs2)cc1. The van der Waals surface area contributed by atoms with E-state index in [1.54, 1.807) is 9.00 Å². The van der Waals surface area contributed by atoms with E-state index in [-0.39, 0.29) is 0 Å². The molecule has 0 saturated heterocycles. The van der Waals surface area contributed by atoms with Gasteiger partial charge in [-0.05, 0) is 22.9 Å². The first-order valence-corrected chi connectivity index (χ1v) is 10.6. The first kappa shape index (κ1) is 12.8. The third kappa shape index (κ3) is 2.22. The summed E-state index contributed by atoms with van der Waals surface area (Å²) in [5.41, 5.74) is 1.33. The summed E-state index contributed by atoms with van der Waals surface area (Å²) < 4.78 is 3.08. The van der Waals surface area contributed by atoms with Crippen molar-refractivity contribution < 1.29 is 0 Å². The molecule has 0 unspecified atom stereocenters. The number of hydrogen-bond acceptors (Lipinski definition) is 2. The Bertz CT molecular complexity index is 602. The van der Waals surface area contributed by atoms with Gasteiger partial charge in [0, 0.05) is 9.00 Å². The molecule has 0 amide bonds. The fraction of sp³-hybridized carbons (Fsp3) is 0.125. The smallest absolute Gasteiger partial charge is 0.153 e. The quantitative estimate of drug-likeness (QED) is 0.652. The molecule has 2 heterocycles. The molecule has 0 saturated carbocycles. The van der Waals surface area contributed by atoms with Gasteiger partial charge in [-0.1, -0.05) is 60.6 Å². The predicted molar refractivity (Wildman–Crippen MR) is 90.3 cm³/mol. The van der Waals surface area contributed by atoms with Crippen molar-refractivity contribution in [2.75, 3.05) is 0 Å². The highest BCUT2D eigenvalue weighted by Gasteiger charge is 2.36. The van der Waals surface area contributed by atoms with Gasteiger partial charge in [0.15, 0.2) is 8.07 Å². The Morgan fingerprint density at radius 3 is 1.74 bits per heavy atom. The Morgan fingerprint density at radius 1 is 0.789 bits per heavy atom. The maximum atomic E-state index is 2.47. The molecule has 0 radical (unpaired) electrons. The van der Waals surface area contributed by atoms with E-state index in [0.29, 0.717) is 0 Å². The van der Waals surface area contributed by atoms with E-state index in [1.165, 1.54) is 10.8 Å². The fourth-order valence-corrected chi connectivity index (χ4v) is 9.70. The van der Waals surface area contributed by atoms with Crippen molar-refractivity contribution >= 4 is 44.9 Å². The van der Waals surface area contributed by atoms with Crippen LogP contribution in [-0.2, 0) is 0 Å². The van der Waals surface area contributed by atoms with Crippen molar-refractivity contribution in [1.29, 1.82) is 0 Å². The standard InChI is InChI=1S/C16H16S2Si/c1-13-7-9-14(10-8-13)19(2,15-5-3-11-17-15)16-6-4-12-18-16/h3-12H,1-2H3. The van der Waals surface area contributed by atoms with Crippen LogP contribution in [0.4, 0.5) is 0 Å². The lowest BCUT2D eigenvalue weighted by Crippen LogP contribution is -2.62. The van der Waals surface area contributed by atoms with E-state index in [9.17, 15) is 0 Å². The van der Waals surface area contributed by atoms with Gasteiger partial charge in [-0.15, -0.1) is 0 Å². The summed E-state index contributed by atoms with van der Waals surface area (Å²) in [6, 6.07) is 18.1. The molecule has 0 fully saturated rings. The summed E-state index contributed by atoms with van der Waals surface area (Å²) in [7, 11) is -1.76. The third-order valence-corrected chi connectivity index (χ3v) is 12.0. The summed E-state index contributed by atoms with van der Waals surface area (Å²) in [5, 5.41) is 5.90. The van der Waals surface area contributed by atoms with Crippen molar-refractivity contribution in [2.45, 2.75) is 13.5 Å². The van der Waals surface area contributed by atoms with Gasteiger partial charge < -0.3 is 0 Å². The number of thiophene rings is 2. The number of rotatable bonds is 3. The lowest BCUT2D eigenvalue weighted by Gasteiger charge is -2.25. The van der Waals surface area contributed by atoms with Crippen LogP contribution < -0.4 is 14.2 Å². The van der Waals surface area contributed by atoms with Gasteiger partial charge in [0.2, 0.25) is 0 Å². The van der Waals surface area contributed by atoms with Crippen molar-refractivity contribution in [3.8, 4) is 0 Å². The first-order valence-electron chi connectivity index (χ1n) is 6.36. The summed E-state index contributed by atoms with van der Waals surface area (Å²) in [5.74, 6) is 0. The minimum atomic E-state index is -1.76. The van der Waals surface area contributed by atoms with Crippen LogP contribution in [0.25, 0.3) is 0 Å². The van der Waals surface area contributed by atoms with Gasteiger partial charge in [-0.25, -0.2) is 0 Å². The highest BCUT2D eigenvalue weighted by Crippen LogP contribution is 2.13. The molecule has 0 bridgehead atoms. The Hall–Kier alpha value is -1.16. The van der Waals surface area contributed by atoms with Crippen LogP contribution in [0.15, 0.2) is 59.3 Å². The van der Waals surface area contributed by atoms with E-state index in [4.69, 9.17) is 0 Å². The molecule has 19 heavy (non-hydrogen) atoms. The predicted octanol–water partition coefficient (Wildman–Crippen LogP) is 3.22. The molecule has 96 valence electrons. The normalized spacial score (nSPS) is 11.7. The van der Waals surface area contributed by atoms with E-state index in [0.717, 1.165) is 0 Å². The van der Waals surface area contributed by atoms with E-state index in [2.05, 4.69) is 72.8 Å². The number of hydrogen-bond donors (Lipinski definition) is 0. The Balaban J connectivity index is 2.20. The average molecular weight is 301 g/mol. The molecule has 0 nitrogen and oxygen atoms in total. The van der Waals surface area contributed by atoms with Crippen LogP contribution in [-0.4, -0.2) is 8.07 Å². The molecule has 3 heteroatoms. The summed E-state index contributed by atoms with van der Waals surface area (Å²) in [4.78, 5) is 0. The van der Waals surface area contributed by atoms with Gasteiger partial charge in [0.05, 0.1) is 0 Å². The number of aryl methyl sites for hydroxylation is 1. The van der Waals surface area contributed by atoms with Crippen LogP contribution in [0.3, 0.4) is 0 Å². The molecular formula is C16H16S2Si. The zero-order valence-corrected chi connectivity index (χ0v) is 13.7. The topological polar surface area (TPSA) is 0 Å². The van der Waals surface area contributed by atoms with Gasteiger partial charge in [0.1, 0.15) is 0 Å². The average Bonchev–Trinajstić information content (AvgIpc) is 3.12. The highest BCUT2D eigenvalue weighted by atomic mass is 32.1. The minimum absolute atomic E-state index is 1.33. The number of benzene rings is 1. The van der Waals surface area contributed by atoms with E-state index < -0.39 is 8.07 Å². The van der Waals surface area contributed by atoms with Crippen LogP contribution >= 0.6 is 22.7 Å². The maximum Gasteiger partial charge on any atom is 0.169 e. The molecule has 3 rings (SSSR count). The fourth-order valence-electron chi connectivity index (χ4n) is 2.42. The van der Waals surface area contributed by atoms with E-state index in [1.807, 2.05) is 22.7 Å². The molecular weight excluding hydrogens is 284 g/mol. The lowest BCUT2D eigenvalue weighted by atomic mass is 10.2. The molecule has 0 aliphatic rings. The van der Waals surface area contributed by atoms with E-state index >= 15 is 0 Å². The Morgan fingerprint density at radius 2 is 1.32 bits per heavy atom. The van der Waals surface area contributed by atoms with Crippen LogP contribution in [0.2, 0.25) is 6.55 Å². The minimum Gasteiger partial charge on any atom is -0.153 e. The molecule has 3 aromatic rings. The third-order valence-electron chi connectivity index (χ3n) is 3.66. The van der Waals surface area contributed by atoms with Gasteiger partial charge in [-0.2, -0.15) is 22.7 Å².